The Morgan fingerprint density at radius 3 is 0.757 bits per heavy atom. The summed E-state index contributed by atoms with van der Waals surface area (Å²) in [6, 6.07) is 0. The smallest absolute Gasteiger partial charge is 0.306 e. The Labute approximate surface area is 461 Å². The van der Waals surface area contributed by atoms with Crippen LogP contribution >= 0.6 is 0 Å². The van der Waals surface area contributed by atoms with Gasteiger partial charge in [0.05, 0.1) is 0 Å². The van der Waals surface area contributed by atoms with Crippen LogP contribution < -0.4 is 0 Å². The molecule has 0 fully saturated rings. The van der Waals surface area contributed by atoms with Gasteiger partial charge in [-0.05, 0) is 57.8 Å². The highest BCUT2D eigenvalue weighted by atomic mass is 16.6. The Bertz CT molecular complexity index is 1240. The molecule has 0 radical (unpaired) electrons. The number of rotatable bonds is 61. The number of unbranched alkanes of at least 4 members (excludes halogenated alkanes) is 44. The van der Waals surface area contributed by atoms with Crippen LogP contribution in [0.2, 0.25) is 0 Å². The van der Waals surface area contributed by atoms with Crippen LogP contribution in [0.25, 0.3) is 0 Å². The normalized spacial score (nSPS) is 12.2. The van der Waals surface area contributed by atoms with Gasteiger partial charge in [0, 0.05) is 19.3 Å². The van der Waals surface area contributed by atoms with E-state index in [1.54, 1.807) is 0 Å². The lowest BCUT2D eigenvalue weighted by Crippen LogP contribution is -2.30. The molecule has 0 saturated carbocycles. The second kappa shape index (κ2) is 63.2. The summed E-state index contributed by atoms with van der Waals surface area (Å²) in [5, 5.41) is 0. The first-order valence-corrected chi connectivity index (χ1v) is 33.0. The molecule has 434 valence electrons. The molecule has 0 heterocycles. The molecule has 0 aliphatic rings. The topological polar surface area (TPSA) is 78.9 Å². The van der Waals surface area contributed by atoms with Crippen LogP contribution in [0.1, 0.15) is 361 Å². The Kier molecular flexibility index (Phi) is 61.1. The van der Waals surface area contributed by atoms with Crippen LogP contribution in [0.3, 0.4) is 0 Å². The minimum Gasteiger partial charge on any atom is -0.462 e. The molecular weight excluding hydrogens is 913 g/mol. The summed E-state index contributed by atoms with van der Waals surface area (Å²) in [7, 11) is 0. The highest BCUT2D eigenvalue weighted by Crippen LogP contribution is 2.18. The fourth-order valence-corrected chi connectivity index (χ4v) is 9.92. The van der Waals surface area contributed by atoms with Gasteiger partial charge < -0.3 is 14.2 Å². The third-order valence-electron chi connectivity index (χ3n) is 14.9. The van der Waals surface area contributed by atoms with Crippen molar-refractivity contribution in [2.24, 2.45) is 0 Å². The van der Waals surface area contributed by atoms with E-state index in [0.29, 0.717) is 19.3 Å². The van der Waals surface area contributed by atoms with Crippen LogP contribution in [-0.4, -0.2) is 37.2 Å². The van der Waals surface area contributed by atoms with Crippen LogP contribution in [-0.2, 0) is 28.6 Å². The quantitative estimate of drug-likeness (QED) is 0.0261. The zero-order chi connectivity index (χ0) is 53.6. The van der Waals surface area contributed by atoms with Gasteiger partial charge in [0.25, 0.3) is 0 Å². The van der Waals surface area contributed by atoms with Gasteiger partial charge in [0.15, 0.2) is 6.10 Å². The second-order valence-electron chi connectivity index (χ2n) is 22.4. The van der Waals surface area contributed by atoms with E-state index in [1.807, 2.05) is 0 Å². The van der Waals surface area contributed by atoms with E-state index >= 15 is 0 Å². The minimum atomic E-state index is -0.776. The third-order valence-corrected chi connectivity index (χ3v) is 14.9. The van der Waals surface area contributed by atoms with Crippen molar-refractivity contribution in [2.75, 3.05) is 13.2 Å². The van der Waals surface area contributed by atoms with Gasteiger partial charge in [-0.15, -0.1) is 0 Å². The largest absolute Gasteiger partial charge is 0.462 e. The van der Waals surface area contributed by atoms with Gasteiger partial charge in [-0.2, -0.15) is 0 Å². The predicted octanol–water partition coefficient (Wildman–Crippen LogP) is 22.4. The van der Waals surface area contributed by atoms with Crippen molar-refractivity contribution in [3.8, 4) is 0 Å². The van der Waals surface area contributed by atoms with Crippen molar-refractivity contribution in [1.29, 1.82) is 0 Å². The van der Waals surface area contributed by atoms with Crippen LogP contribution in [0.5, 0.6) is 0 Å². The van der Waals surface area contributed by atoms with Gasteiger partial charge in [0.1, 0.15) is 13.2 Å². The lowest BCUT2D eigenvalue weighted by atomic mass is 10.0. The Morgan fingerprint density at radius 2 is 0.486 bits per heavy atom. The average Bonchev–Trinajstić information content (AvgIpc) is 3.40. The number of esters is 3. The summed E-state index contributed by atoms with van der Waals surface area (Å²) in [4.78, 5) is 38.3. The van der Waals surface area contributed by atoms with E-state index in [2.05, 4.69) is 57.2 Å². The zero-order valence-corrected chi connectivity index (χ0v) is 49.9. The molecule has 0 N–H and O–H groups in total. The molecule has 0 aromatic rings. The van der Waals surface area contributed by atoms with E-state index in [0.717, 1.165) is 77.0 Å². The van der Waals surface area contributed by atoms with Crippen molar-refractivity contribution in [3.63, 3.8) is 0 Å². The van der Waals surface area contributed by atoms with Crippen LogP contribution in [0.4, 0.5) is 0 Å². The fraction of sp³-hybridized carbons (Fsp3) is 0.868. The molecule has 0 saturated heterocycles. The fourth-order valence-electron chi connectivity index (χ4n) is 9.92. The maximum absolute atomic E-state index is 12.9. The molecule has 0 amide bonds. The number of allylic oxidation sites excluding steroid dienone is 6. The summed E-state index contributed by atoms with van der Waals surface area (Å²) in [5.74, 6) is -0.861. The molecule has 0 spiro atoms. The molecule has 1 unspecified atom stereocenters. The Balaban J connectivity index is 4.24. The summed E-state index contributed by atoms with van der Waals surface area (Å²) in [6.45, 7) is 6.67. The SMILES string of the molecule is CCCCCCC/C=C\C/C=C\C/C=C\CCCCCCCCC(=O)OC(COC(=O)CCCCCCCCCCCCC)COC(=O)CCCCCCCCCCCCCCCCCCCCCCCCCC. The highest BCUT2D eigenvalue weighted by Gasteiger charge is 2.19. The highest BCUT2D eigenvalue weighted by molar-refractivity contribution is 5.71. The molecule has 1 atom stereocenters. The number of hydrogen-bond donors (Lipinski definition) is 0. The summed E-state index contributed by atoms with van der Waals surface area (Å²) in [5.41, 5.74) is 0. The third kappa shape index (κ3) is 60.5. The van der Waals surface area contributed by atoms with Crippen molar-refractivity contribution in [1.82, 2.24) is 0 Å². The van der Waals surface area contributed by atoms with Crippen LogP contribution in [0, 0.1) is 0 Å². The maximum Gasteiger partial charge on any atom is 0.306 e. The zero-order valence-electron chi connectivity index (χ0n) is 49.9. The first-order valence-electron chi connectivity index (χ1n) is 33.0. The Hall–Kier alpha value is -2.37. The number of ether oxygens (including phenoxy) is 3. The van der Waals surface area contributed by atoms with Crippen molar-refractivity contribution in [3.05, 3.63) is 36.5 Å². The van der Waals surface area contributed by atoms with Gasteiger partial charge in [0.2, 0.25) is 0 Å². The monoisotopic (exact) mass is 1040 g/mol. The van der Waals surface area contributed by atoms with E-state index in [4.69, 9.17) is 14.2 Å². The molecule has 6 heteroatoms. The van der Waals surface area contributed by atoms with Crippen molar-refractivity contribution in [2.45, 2.75) is 367 Å². The molecule has 74 heavy (non-hydrogen) atoms. The number of carbonyl (C=O) groups excluding carboxylic acids is 3. The molecule has 0 aromatic carbocycles. The summed E-state index contributed by atoms with van der Waals surface area (Å²) in [6.07, 6.45) is 77.3. The molecule has 0 bridgehead atoms. The Morgan fingerprint density at radius 1 is 0.270 bits per heavy atom. The molecule has 0 aromatic heterocycles. The van der Waals surface area contributed by atoms with Gasteiger partial charge in [-0.1, -0.05) is 320 Å². The second-order valence-corrected chi connectivity index (χ2v) is 22.4. The maximum atomic E-state index is 12.9. The van der Waals surface area contributed by atoms with E-state index in [9.17, 15) is 14.4 Å². The lowest BCUT2D eigenvalue weighted by molar-refractivity contribution is -0.167. The van der Waals surface area contributed by atoms with E-state index in [1.165, 1.54) is 244 Å². The van der Waals surface area contributed by atoms with E-state index < -0.39 is 6.10 Å². The number of carbonyl (C=O) groups is 3. The first-order chi connectivity index (χ1) is 36.5. The van der Waals surface area contributed by atoms with Gasteiger partial charge >= 0.3 is 17.9 Å². The van der Waals surface area contributed by atoms with Gasteiger partial charge in [-0.3, -0.25) is 14.4 Å². The van der Waals surface area contributed by atoms with Crippen molar-refractivity contribution >= 4 is 17.9 Å². The average molecular weight is 1040 g/mol. The summed E-state index contributed by atoms with van der Waals surface area (Å²) >= 11 is 0. The predicted molar refractivity (Wildman–Crippen MR) is 321 cm³/mol. The molecular formula is C68H126O6. The first kappa shape index (κ1) is 71.6. The lowest BCUT2D eigenvalue weighted by Gasteiger charge is -2.18. The molecule has 6 nitrogen and oxygen atoms in total. The molecule has 0 aliphatic carbocycles. The summed E-state index contributed by atoms with van der Waals surface area (Å²) < 4.78 is 16.9. The van der Waals surface area contributed by atoms with Crippen molar-refractivity contribution < 1.29 is 28.6 Å². The molecule has 0 aliphatic heterocycles. The number of hydrogen-bond acceptors (Lipinski definition) is 6. The minimum absolute atomic E-state index is 0.0723. The molecule has 0 rings (SSSR count). The van der Waals surface area contributed by atoms with Gasteiger partial charge in [-0.25, -0.2) is 0 Å². The van der Waals surface area contributed by atoms with Crippen LogP contribution in [0.15, 0.2) is 36.5 Å². The standard InChI is InChI=1S/C68H126O6/c1-4-7-10-13-16-19-22-24-26-28-30-32-33-34-36-37-39-41-43-46-49-52-55-58-61-67(70)73-64-65(63-72-66(69)60-57-54-51-48-45-21-18-15-12-9-6-3)74-68(71)62-59-56-53-50-47-44-42-40-38-35-31-29-27-25-23-20-17-14-11-8-5-2/h23,25,29,31,38,40,65H,4-22,24,26-28,30,32-37,39,41-64H2,1-3H3/b25-23-,31-29-,40-38-. The van der Waals surface area contributed by atoms with E-state index in [-0.39, 0.29) is 31.1 Å².